The number of hydrogen-bond acceptors (Lipinski definition) is 3. The summed E-state index contributed by atoms with van der Waals surface area (Å²) in [6, 6.07) is 4.48. The highest BCUT2D eigenvalue weighted by Crippen LogP contribution is 2.46. The predicted molar refractivity (Wildman–Crippen MR) is 81.9 cm³/mol. The molecule has 0 bridgehead atoms. The number of alkyl halides is 2. The maximum atomic E-state index is 11.6. The highest BCUT2D eigenvalue weighted by Gasteiger charge is 2.44. The highest BCUT2D eigenvalue weighted by molar-refractivity contribution is 14.1. The zero-order valence-electron chi connectivity index (χ0n) is 8.49. The number of sulfone groups is 1. The minimum atomic E-state index is -3.51. The Bertz CT molecular complexity index is 533. The third kappa shape index (κ3) is 3.48. The molecule has 8 heteroatoms. The van der Waals surface area contributed by atoms with Gasteiger partial charge < -0.3 is 5.11 Å². The van der Waals surface area contributed by atoms with Crippen molar-refractivity contribution in [2.24, 2.45) is 0 Å². The first kappa shape index (κ1) is 16.0. The lowest BCUT2D eigenvalue weighted by Gasteiger charge is -2.25. The van der Waals surface area contributed by atoms with E-state index in [2.05, 4.69) is 15.9 Å². The summed E-state index contributed by atoms with van der Waals surface area (Å²) >= 11 is 16.3. The maximum absolute atomic E-state index is 11.6. The molecule has 1 N–H and O–H groups in total. The third-order valence-electron chi connectivity index (χ3n) is 2.07. The quantitative estimate of drug-likeness (QED) is 0.539. The number of rotatable bonds is 3. The Hall–Kier alpha value is 0.920. The maximum Gasteiger partial charge on any atom is 0.206 e. The summed E-state index contributed by atoms with van der Waals surface area (Å²) < 4.78 is 21.6. The molecule has 0 fully saturated rings. The molecule has 0 aromatic heterocycles. The first-order valence-corrected chi connectivity index (χ1v) is 8.79. The Labute approximate surface area is 132 Å². The van der Waals surface area contributed by atoms with E-state index in [0.29, 0.717) is 10.6 Å². The summed E-state index contributed by atoms with van der Waals surface area (Å²) in [5.74, 6) is 0. The average molecular weight is 474 g/mol. The van der Waals surface area contributed by atoms with Crippen LogP contribution >= 0.6 is 61.7 Å². The van der Waals surface area contributed by atoms with E-state index in [0.717, 1.165) is 6.26 Å². The summed E-state index contributed by atoms with van der Waals surface area (Å²) in [6.07, 6.45) is -0.274. The van der Waals surface area contributed by atoms with Gasteiger partial charge in [-0.3, -0.25) is 0 Å². The van der Waals surface area contributed by atoms with Crippen LogP contribution in [0.4, 0.5) is 0 Å². The fraction of sp³-hybridized carbons (Fsp3) is 0.333. The van der Waals surface area contributed by atoms with E-state index in [9.17, 15) is 13.5 Å². The van der Waals surface area contributed by atoms with Crippen molar-refractivity contribution in [3.8, 4) is 0 Å². The van der Waals surface area contributed by atoms with Gasteiger partial charge in [-0.2, -0.15) is 0 Å². The Morgan fingerprint density at radius 3 is 2.41 bits per heavy atom. The van der Waals surface area contributed by atoms with Gasteiger partial charge in [0.1, 0.15) is 6.10 Å². The normalized spacial score (nSPS) is 17.5. The summed E-state index contributed by atoms with van der Waals surface area (Å²) in [5.41, 5.74) is 0.299. The zero-order chi connectivity index (χ0) is 13.4. The predicted octanol–water partition coefficient (Wildman–Crippen LogP) is 3.56. The molecule has 1 aromatic carbocycles. The van der Waals surface area contributed by atoms with Crippen LogP contribution < -0.4 is 0 Å². The fourth-order valence-corrected chi connectivity index (χ4v) is 2.73. The molecular weight excluding hydrogens is 466 g/mol. The standard InChI is InChI=1S/C9H8BrCl2IO3S/c1-17(15,16)9(10,13)8(14)6-3-2-5(11)4-7(6)12/h2-4,8,14H,1H3. The van der Waals surface area contributed by atoms with Crippen LogP contribution in [0.5, 0.6) is 0 Å². The molecule has 2 atom stereocenters. The Morgan fingerprint density at radius 2 is 2.00 bits per heavy atom. The van der Waals surface area contributed by atoms with Crippen LogP contribution in [0, 0.1) is 0 Å². The van der Waals surface area contributed by atoms with Crippen molar-refractivity contribution in [3.63, 3.8) is 0 Å². The lowest BCUT2D eigenvalue weighted by Crippen LogP contribution is -2.31. The molecule has 0 aliphatic rings. The van der Waals surface area contributed by atoms with Gasteiger partial charge in [0, 0.05) is 21.9 Å². The fourth-order valence-electron chi connectivity index (χ4n) is 1.11. The van der Waals surface area contributed by atoms with E-state index >= 15 is 0 Å². The van der Waals surface area contributed by atoms with Gasteiger partial charge in [0.2, 0.25) is 1.66 Å². The summed E-state index contributed by atoms with van der Waals surface area (Å²) in [6.45, 7) is 0. The molecular formula is C9H8BrCl2IO3S. The van der Waals surface area contributed by atoms with E-state index in [1.165, 1.54) is 18.2 Å². The van der Waals surface area contributed by atoms with Gasteiger partial charge in [0.25, 0.3) is 0 Å². The van der Waals surface area contributed by atoms with E-state index in [1.807, 2.05) is 0 Å². The Kier molecular flexibility index (Phi) is 5.17. The molecule has 0 saturated heterocycles. The van der Waals surface area contributed by atoms with Crippen LogP contribution in [0.1, 0.15) is 11.7 Å². The van der Waals surface area contributed by atoms with E-state index in [-0.39, 0.29) is 5.02 Å². The molecule has 0 saturated carbocycles. The smallest absolute Gasteiger partial charge is 0.206 e. The van der Waals surface area contributed by atoms with Crippen LogP contribution in [-0.2, 0) is 9.84 Å². The number of aliphatic hydroxyl groups is 1. The van der Waals surface area contributed by atoms with Gasteiger partial charge in [-0.15, -0.1) is 0 Å². The number of halogens is 4. The van der Waals surface area contributed by atoms with Crippen LogP contribution in [0.2, 0.25) is 10.0 Å². The Morgan fingerprint density at radius 1 is 1.47 bits per heavy atom. The lowest BCUT2D eigenvalue weighted by molar-refractivity contribution is 0.191. The van der Waals surface area contributed by atoms with Gasteiger partial charge in [0.15, 0.2) is 9.84 Å². The molecule has 0 aliphatic heterocycles. The van der Waals surface area contributed by atoms with Crippen molar-refractivity contribution in [1.82, 2.24) is 0 Å². The molecule has 96 valence electrons. The molecule has 2 unspecified atom stereocenters. The van der Waals surface area contributed by atoms with Crippen molar-refractivity contribution in [2.45, 2.75) is 7.77 Å². The molecule has 1 rings (SSSR count). The van der Waals surface area contributed by atoms with Gasteiger partial charge in [0.05, 0.1) is 0 Å². The van der Waals surface area contributed by atoms with Crippen LogP contribution in [-0.4, -0.2) is 21.4 Å². The molecule has 0 heterocycles. The van der Waals surface area contributed by atoms with Crippen molar-refractivity contribution >= 4 is 71.6 Å². The largest absolute Gasteiger partial charge is 0.385 e. The minimum Gasteiger partial charge on any atom is -0.385 e. The first-order chi connectivity index (χ1) is 7.57. The van der Waals surface area contributed by atoms with Crippen LogP contribution in [0.25, 0.3) is 0 Å². The molecule has 1 aromatic rings. The van der Waals surface area contributed by atoms with Gasteiger partial charge in [-0.1, -0.05) is 45.2 Å². The first-order valence-electron chi connectivity index (χ1n) is 4.28. The zero-order valence-corrected chi connectivity index (χ0v) is 14.6. The molecule has 3 nitrogen and oxygen atoms in total. The summed E-state index contributed by atoms with van der Waals surface area (Å²) in [5, 5.41) is 10.7. The highest BCUT2D eigenvalue weighted by atomic mass is 127. The molecule has 0 amide bonds. The van der Waals surface area contributed by atoms with Crippen LogP contribution in [0.3, 0.4) is 0 Å². The summed E-state index contributed by atoms with van der Waals surface area (Å²) in [4.78, 5) is 0. The monoisotopic (exact) mass is 472 g/mol. The summed E-state index contributed by atoms with van der Waals surface area (Å²) in [7, 11) is -3.51. The SMILES string of the molecule is CS(=O)(=O)C(Br)(I)C(O)c1ccc(Cl)cc1Cl. The van der Waals surface area contributed by atoms with Gasteiger partial charge >= 0.3 is 0 Å². The second kappa shape index (κ2) is 5.50. The molecule has 17 heavy (non-hydrogen) atoms. The molecule has 0 radical (unpaired) electrons. The molecule has 0 aliphatic carbocycles. The van der Waals surface area contributed by atoms with Crippen molar-refractivity contribution in [3.05, 3.63) is 33.8 Å². The second-order valence-electron chi connectivity index (χ2n) is 3.40. The topological polar surface area (TPSA) is 54.4 Å². The molecule has 0 spiro atoms. The van der Waals surface area contributed by atoms with E-state index in [4.69, 9.17) is 23.2 Å². The second-order valence-corrected chi connectivity index (χ2v) is 12.1. The average Bonchev–Trinajstić information content (AvgIpc) is 2.14. The number of hydrogen-bond donors (Lipinski definition) is 1. The third-order valence-corrected chi connectivity index (χ3v) is 9.03. The van der Waals surface area contributed by atoms with Crippen molar-refractivity contribution in [2.75, 3.05) is 6.26 Å². The number of aliphatic hydroxyl groups excluding tert-OH is 1. The van der Waals surface area contributed by atoms with Crippen molar-refractivity contribution < 1.29 is 13.5 Å². The van der Waals surface area contributed by atoms with Crippen molar-refractivity contribution in [1.29, 1.82) is 0 Å². The van der Waals surface area contributed by atoms with Crippen LogP contribution in [0.15, 0.2) is 18.2 Å². The Balaban J connectivity index is 3.26. The number of benzene rings is 1. The van der Waals surface area contributed by atoms with Gasteiger partial charge in [-0.05, 0) is 34.7 Å². The lowest BCUT2D eigenvalue weighted by atomic mass is 10.1. The van der Waals surface area contributed by atoms with E-state index < -0.39 is 17.6 Å². The minimum absolute atomic E-state index is 0.217. The van der Waals surface area contributed by atoms with E-state index in [1.54, 1.807) is 22.6 Å². The van der Waals surface area contributed by atoms with Gasteiger partial charge in [-0.25, -0.2) is 8.42 Å².